The highest BCUT2D eigenvalue weighted by molar-refractivity contribution is 5.39. The van der Waals surface area contributed by atoms with E-state index in [9.17, 15) is 0 Å². The summed E-state index contributed by atoms with van der Waals surface area (Å²) < 4.78 is 11.0. The fraction of sp³-hybridized carbons (Fsp3) is 0.389. The molecule has 0 saturated carbocycles. The van der Waals surface area contributed by atoms with Gasteiger partial charge in [-0.3, -0.25) is 9.88 Å². The van der Waals surface area contributed by atoms with Gasteiger partial charge in [0.1, 0.15) is 5.75 Å². The van der Waals surface area contributed by atoms with E-state index in [1.165, 1.54) is 11.1 Å². The maximum Gasteiger partial charge on any atom is 0.122 e. The zero-order valence-corrected chi connectivity index (χ0v) is 13.2. The number of methoxy groups -OCH3 is 1. The highest BCUT2D eigenvalue weighted by Crippen LogP contribution is 2.27. The Morgan fingerprint density at radius 1 is 1.32 bits per heavy atom. The summed E-state index contributed by atoms with van der Waals surface area (Å²) in [6.07, 6.45) is 2.84. The Bertz CT molecular complexity index is 616. The molecule has 1 aromatic carbocycles. The molecule has 4 heteroatoms. The number of aromatic nitrogens is 1. The SMILES string of the molecule is COC[C@@H](c1ccccn1)N(C)Cc1ccc2c(c1)CCO2. The van der Waals surface area contributed by atoms with Crippen LogP contribution < -0.4 is 4.74 Å². The molecule has 3 rings (SSSR count). The van der Waals surface area contributed by atoms with Crippen LogP contribution in [0.4, 0.5) is 0 Å². The van der Waals surface area contributed by atoms with Gasteiger partial charge in [-0.15, -0.1) is 0 Å². The van der Waals surface area contributed by atoms with Gasteiger partial charge in [0.05, 0.1) is 24.9 Å². The molecule has 0 aliphatic carbocycles. The van der Waals surface area contributed by atoms with Crippen molar-refractivity contribution in [1.29, 1.82) is 0 Å². The molecule has 0 bridgehead atoms. The first-order chi connectivity index (χ1) is 10.8. The molecular weight excluding hydrogens is 276 g/mol. The van der Waals surface area contributed by atoms with Crippen LogP contribution in [-0.4, -0.2) is 37.3 Å². The summed E-state index contributed by atoms with van der Waals surface area (Å²) in [7, 11) is 3.85. The number of pyridine rings is 1. The average molecular weight is 298 g/mol. The second-order valence-electron chi connectivity index (χ2n) is 5.68. The zero-order chi connectivity index (χ0) is 15.4. The van der Waals surface area contributed by atoms with Crippen molar-refractivity contribution in [3.05, 3.63) is 59.4 Å². The Hall–Kier alpha value is -1.91. The highest BCUT2D eigenvalue weighted by Gasteiger charge is 2.19. The summed E-state index contributed by atoms with van der Waals surface area (Å²) in [5, 5.41) is 0. The van der Waals surface area contributed by atoms with Gasteiger partial charge in [0.2, 0.25) is 0 Å². The van der Waals surface area contributed by atoms with Crippen molar-refractivity contribution in [3.8, 4) is 5.75 Å². The second kappa shape index (κ2) is 6.90. The molecule has 0 amide bonds. The number of hydrogen-bond acceptors (Lipinski definition) is 4. The molecule has 2 heterocycles. The van der Waals surface area contributed by atoms with Crippen molar-refractivity contribution >= 4 is 0 Å². The van der Waals surface area contributed by atoms with Gasteiger partial charge in [-0.25, -0.2) is 0 Å². The Labute approximate surface area is 131 Å². The Morgan fingerprint density at radius 2 is 2.23 bits per heavy atom. The largest absolute Gasteiger partial charge is 0.493 e. The van der Waals surface area contributed by atoms with Crippen molar-refractivity contribution in [1.82, 2.24) is 9.88 Å². The summed E-state index contributed by atoms with van der Waals surface area (Å²) in [5.41, 5.74) is 3.65. The van der Waals surface area contributed by atoms with Crippen LogP contribution in [-0.2, 0) is 17.7 Å². The summed E-state index contributed by atoms with van der Waals surface area (Å²) in [6, 6.07) is 12.6. The van der Waals surface area contributed by atoms with Gasteiger partial charge in [0, 0.05) is 26.3 Å². The minimum absolute atomic E-state index is 0.149. The third kappa shape index (κ3) is 3.29. The van der Waals surface area contributed by atoms with E-state index in [2.05, 4.69) is 41.2 Å². The van der Waals surface area contributed by atoms with Crippen molar-refractivity contribution < 1.29 is 9.47 Å². The van der Waals surface area contributed by atoms with Gasteiger partial charge in [0.15, 0.2) is 0 Å². The van der Waals surface area contributed by atoms with Crippen LogP contribution in [0.1, 0.15) is 22.9 Å². The van der Waals surface area contributed by atoms with Crippen molar-refractivity contribution in [2.45, 2.75) is 19.0 Å². The fourth-order valence-corrected chi connectivity index (χ4v) is 2.91. The predicted molar refractivity (Wildman–Crippen MR) is 86.0 cm³/mol. The lowest BCUT2D eigenvalue weighted by Gasteiger charge is -2.27. The number of rotatable bonds is 6. The molecule has 0 spiro atoms. The van der Waals surface area contributed by atoms with Gasteiger partial charge in [-0.1, -0.05) is 18.2 Å². The molecule has 0 unspecified atom stereocenters. The third-order valence-electron chi connectivity index (χ3n) is 4.07. The maximum atomic E-state index is 5.57. The van der Waals surface area contributed by atoms with Crippen LogP contribution in [0, 0.1) is 0 Å². The Morgan fingerprint density at radius 3 is 3.00 bits per heavy atom. The average Bonchev–Trinajstić information content (AvgIpc) is 3.01. The molecule has 1 aliphatic heterocycles. The van der Waals surface area contributed by atoms with E-state index < -0.39 is 0 Å². The number of benzene rings is 1. The number of fused-ring (bicyclic) bond motifs is 1. The minimum atomic E-state index is 0.149. The molecule has 116 valence electrons. The van der Waals surface area contributed by atoms with Crippen LogP contribution in [0.25, 0.3) is 0 Å². The molecular formula is C18H22N2O2. The van der Waals surface area contributed by atoms with Crippen LogP contribution >= 0.6 is 0 Å². The van der Waals surface area contributed by atoms with Crippen molar-refractivity contribution in [2.24, 2.45) is 0 Å². The van der Waals surface area contributed by atoms with E-state index in [0.717, 1.165) is 31.0 Å². The fourth-order valence-electron chi connectivity index (χ4n) is 2.91. The van der Waals surface area contributed by atoms with E-state index in [1.54, 1.807) is 7.11 Å². The van der Waals surface area contributed by atoms with Gasteiger partial charge >= 0.3 is 0 Å². The number of hydrogen-bond donors (Lipinski definition) is 0. The van der Waals surface area contributed by atoms with E-state index in [-0.39, 0.29) is 6.04 Å². The molecule has 0 radical (unpaired) electrons. The van der Waals surface area contributed by atoms with Gasteiger partial charge in [-0.2, -0.15) is 0 Å². The van der Waals surface area contributed by atoms with E-state index in [4.69, 9.17) is 9.47 Å². The van der Waals surface area contributed by atoms with Crippen molar-refractivity contribution in [2.75, 3.05) is 27.4 Å². The van der Waals surface area contributed by atoms with Crippen molar-refractivity contribution in [3.63, 3.8) is 0 Å². The highest BCUT2D eigenvalue weighted by atomic mass is 16.5. The first-order valence-corrected chi connectivity index (χ1v) is 7.62. The van der Waals surface area contributed by atoms with Crippen LogP contribution in [0.5, 0.6) is 5.75 Å². The summed E-state index contributed by atoms with van der Waals surface area (Å²) >= 11 is 0. The van der Waals surface area contributed by atoms with E-state index in [0.29, 0.717) is 6.61 Å². The van der Waals surface area contributed by atoms with E-state index in [1.807, 2.05) is 18.3 Å². The minimum Gasteiger partial charge on any atom is -0.493 e. The maximum absolute atomic E-state index is 5.57. The standard InChI is InChI=1S/C18H22N2O2/c1-20(17(13-21-2)16-5-3-4-9-19-16)12-14-6-7-18-15(11-14)8-10-22-18/h3-7,9,11,17H,8,10,12-13H2,1-2H3/t17-/m0/s1. The Kier molecular flexibility index (Phi) is 4.71. The lowest BCUT2D eigenvalue weighted by molar-refractivity contribution is 0.1000. The van der Waals surface area contributed by atoms with E-state index >= 15 is 0 Å². The molecule has 2 aromatic rings. The topological polar surface area (TPSA) is 34.6 Å². The molecule has 22 heavy (non-hydrogen) atoms. The summed E-state index contributed by atoms with van der Waals surface area (Å²) in [5.74, 6) is 1.03. The summed E-state index contributed by atoms with van der Waals surface area (Å²) in [6.45, 7) is 2.29. The quantitative estimate of drug-likeness (QED) is 0.821. The monoisotopic (exact) mass is 298 g/mol. The Balaban J connectivity index is 1.75. The normalized spacial score (nSPS) is 14.7. The first kappa shape index (κ1) is 15.0. The molecule has 1 aliphatic rings. The number of likely N-dealkylation sites (N-methyl/N-ethyl adjacent to an activating group) is 1. The summed E-state index contributed by atoms with van der Waals surface area (Å²) in [4.78, 5) is 6.76. The number of nitrogens with zero attached hydrogens (tertiary/aromatic N) is 2. The second-order valence-corrected chi connectivity index (χ2v) is 5.68. The smallest absolute Gasteiger partial charge is 0.122 e. The molecule has 0 N–H and O–H groups in total. The van der Waals surface area contributed by atoms with Crippen LogP contribution in [0.15, 0.2) is 42.6 Å². The molecule has 0 fully saturated rings. The van der Waals surface area contributed by atoms with Gasteiger partial charge in [0.25, 0.3) is 0 Å². The van der Waals surface area contributed by atoms with Gasteiger partial charge in [-0.05, 0) is 36.4 Å². The van der Waals surface area contributed by atoms with Gasteiger partial charge < -0.3 is 9.47 Å². The lowest BCUT2D eigenvalue weighted by atomic mass is 10.1. The zero-order valence-electron chi connectivity index (χ0n) is 13.2. The van der Waals surface area contributed by atoms with Crippen LogP contribution in [0.2, 0.25) is 0 Å². The third-order valence-corrected chi connectivity index (χ3v) is 4.07. The number of ether oxygens (including phenoxy) is 2. The van der Waals surface area contributed by atoms with Crippen LogP contribution in [0.3, 0.4) is 0 Å². The molecule has 1 aromatic heterocycles. The molecule has 4 nitrogen and oxygen atoms in total. The predicted octanol–water partition coefficient (Wildman–Crippen LogP) is 2.84. The lowest BCUT2D eigenvalue weighted by Crippen LogP contribution is -2.28. The first-order valence-electron chi connectivity index (χ1n) is 7.62. The molecule has 0 saturated heterocycles. The molecule has 1 atom stereocenters.